The highest BCUT2D eigenvalue weighted by Gasteiger charge is 2.03. The lowest BCUT2D eigenvalue weighted by Crippen LogP contribution is -1.85. The number of carbonyl (C=O) groups is 1. The predicted molar refractivity (Wildman–Crippen MR) is 69.7 cm³/mol. The second kappa shape index (κ2) is 4.62. The van der Waals surface area contributed by atoms with Gasteiger partial charge in [0.25, 0.3) is 0 Å². The molecule has 0 bridgehead atoms. The van der Waals surface area contributed by atoms with E-state index in [0.717, 1.165) is 21.9 Å². The van der Waals surface area contributed by atoms with Gasteiger partial charge >= 0.3 is 0 Å². The van der Waals surface area contributed by atoms with Crippen LogP contribution in [0.4, 0.5) is 0 Å². The van der Waals surface area contributed by atoms with Gasteiger partial charge in [-0.25, -0.2) is 0 Å². The minimum absolute atomic E-state index is 0.693. The highest BCUT2D eigenvalue weighted by atomic mass is 79.9. The van der Waals surface area contributed by atoms with Gasteiger partial charge < -0.3 is 0 Å². The molecule has 0 spiro atoms. The maximum atomic E-state index is 10.7. The number of aryl methyl sites for hydroxylation is 1. The average molecular weight is 275 g/mol. The van der Waals surface area contributed by atoms with Crippen molar-refractivity contribution in [3.8, 4) is 11.1 Å². The molecule has 2 aromatic carbocycles. The molecule has 16 heavy (non-hydrogen) atoms. The van der Waals surface area contributed by atoms with E-state index < -0.39 is 0 Å². The molecule has 0 aliphatic heterocycles. The predicted octanol–water partition coefficient (Wildman–Crippen LogP) is 4.24. The number of benzene rings is 2. The number of hydrogen-bond donors (Lipinski definition) is 0. The molecule has 0 unspecified atom stereocenters. The zero-order chi connectivity index (χ0) is 11.5. The standard InChI is InChI=1S/C14H11BrO/c1-10-2-5-12(6-3-10)13-8-11(9-16)4-7-14(13)15/h2-9H,1H3. The number of aldehydes is 1. The third-order valence-corrected chi connectivity index (χ3v) is 3.18. The summed E-state index contributed by atoms with van der Waals surface area (Å²) in [5.74, 6) is 0. The van der Waals surface area contributed by atoms with Gasteiger partial charge in [0.2, 0.25) is 0 Å². The van der Waals surface area contributed by atoms with Crippen molar-refractivity contribution >= 4 is 22.2 Å². The zero-order valence-electron chi connectivity index (χ0n) is 8.91. The van der Waals surface area contributed by atoms with E-state index in [1.165, 1.54) is 5.56 Å². The molecule has 2 rings (SSSR count). The number of halogens is 1. The molecule has 0 aliphatic rings. The van der Waals surface area contributed by atoms with E-state index in [4.69, 9.17) is 0 Å². The van der Waals surface area contributed by atoms with Crippen LogP contribution in [-0.2, 0) is 0 Å². The first kappa shape index (κ1) is 11.1. The van der Waals surface area contributed by atoms with Crippen molar-refractivity contribution in [3.63, 3.8) is 0 Å². The smallest absolute Gasteiger partial charge is 0.150 e. The van der Waals surface area contributed by atoms with Gasteiger partial charge in [0.1, 0.15) is 6.29 Å². The summed E-state index contributed by atoms with van der Waals surface area (Å²) in [6, 6.07) is 13.8. The summed E-state index contributed by atoms with van der Waals surface area (Å²) in [4.78, 5) is 10.7. The van der Waals surface area contributed by atoms with Crippen LogP contribution in [0.15, 0.2) is 46.9 Å². The van der Waals surface area contributed by atoms with Crippen LogP contribution in [0, 0.1) is 6.92 Å². The molecule has 1 nitrogen and oxygen atoms in total. The second-order valence-corrected chi connectivity index (χ2v) is 4.58. The van der Waals surface area contributed by atoms with Crippen LogP contribution in [0.25, 0.3) is 11.1 Å². The van der Waals surface area contributed by atoms with Crippen molar-refractivity contribution < 1.29 is 4.79 Å². The van der Waals surface area contributed by atoms with E-state index in [2.05, 4.69) is 47.1 Å². The zero-order valence-corrected chi connectivity index (χ0v) is 10.5. The van der Waals surface area contributed by atoms with Gasteiger partial charge in [-0.05, 0) is 30.2 Å². The quantitative estimate of drug-likeness (QED) is 0.749. The number of hydrogen-bond acceptors (Lipinski definition) is 1. The Morgan fingerprint density at radius 3 is 2.38 bits per heavy atom. The molecule has 0 aliphatic carbocycles. The monoisotopic (exact) mass is 274 g/mol. The van der Waals surface area contributed by atoms with Gasteiger partial charge in [0.15, 0.2) is 0 Å². The molecule has 0 saturated heterocycles. The molecular weight excluding hydrogens is 264 g/mol. The van der Waals surface area contributed by atoms with Crippen molar-refractivity contribution in [2.24, 2.45) is 0 Å². The van der Waals surface area contributed by atoms with Gasteiger partial charge in [-0.2, -0.15) is 0 Å². The molecule has 2 aromatic rings. The van der Waals surface area contributed by atoms with Crippen molar-refractivity contribution in [1.29, 1.82) is 0 Å². The van der Waals surface area contributed by atoms with Gasteiger partial charge in [0, 0.05) is 10.0 Å². The third-order valence-electron chi connectivity index (χ3n) is 2.49. The Hall–Kier alpha value is -1.41. The summed E-state index contributed by atoms with van der Waals surface area (Å²) in [6.45, 7) is 2.06. The Morgan fingerprint density at radius 2 is 1.75 bits per heavy atom. The topological polar surface area (TPSA) is 17.1 Å². The molecule has 80 valence electrons. The summed E-state index contributed by atoms with van der Waals surface area (Å²) in [5, 5.41) is 0. The maximum absolute atomic E-state index is 10.7. The van der Waals surface area contributed by atoms with Crippen LogP contribution in [0.3, 0.4) is 0 Å². The van der Waals surface area contributed by atoms with Crippen LogP contribution >= 0.6 is 15.9 Å². The highest BCUT2D eigenvalue weighted by molar-refractivity contribution is 9.10. The van der Waals surface area contributed by atoms with Gasteiger partial charge in [-0.3, -0.25) is 4.79 Å². The SMILES string of the molecule is Cc1ccc(-c2cc(C=O)ccc2Br)cc1. The lowest BCUT2D eigenvalue weighted by molar-refractivity contribution is 0.112. The van der Waals surface area contributed by atoms with Crippen LogP contribution in [-0.4, -0.2) is 6.29 Å². The van der Waals surface area contributed by atoms with Crippen molar-refractivity contribution in [1.82, 2.24) is 0 Å². The summed E-state index contributed by atoms with van der Waals surface area (Å²) in [5.41, 5.74) is 4.08. The summed E-state index contributed by atoms with van der Waals surface area (Å²) < 4.78 is 1.00. The molecule has 2 heteroatoms. The molecule has 0 fully saturated rings. The third kappa shape index (κ3) is 2.22. The van der Waals surface area contributed by atoms with E-state index in [9.17, 15) is 4.79 Å². The number of rotatable bonds is 2. The van der Waals surface area contributed by atoms with Crippen molar-refractivity contribution in [2.75, 3.05) is 0 Å². The Kier molecular flexibility index (Phi) is 3.20. The first-order valence-corrected chi connectivity index (χ1v) is 5.82. The Morgan fingerprint density at radius 1 is 1.06 bits per heavy atom. The second-order valence-electron chi connectivity index (χ2n) is 3.72. The van der Waals surface area contributed by atoms with Gasteiger partial charge in [0.05, 0.1) is 0 Å². The first-order chi connectivity index (χ1) is 7.70. The maximum Gasteiger partial charge on any atom is 0.150 e. The molecule has 0 atom stereocenters. The van der Waals surface area contributed by atoms with Gasteiger partial charge in [-0.1, -0.05) is 51.8 Å². The van der Waals surface area contributed by atoms with E-state index in [1.54, 1.807) is 6.07 Å². The average Bonchev–Trinajstić information content (AvgIpc) is 2.31. The summed E-state index contributed by atoms with van der Waals surface area (Å²) in [7, 11) is 0. The van der Waals surface area contributed by atoms with E-state index >= 15 is 0 Å². The van der Waals surface area contributed by atoms with Crippen LogP contribution in [0.5, 0.6) is 0 Å². The fraction of sp³-hybridized carbons (Fsp3) is 0.0714. The largest absolute Gasteiger partial charge is 0.298 e. The van der Waals surface area contributed by atoms with Crippen LogP contribution in [0.1, 0.15) is 15.9 Å². The number of carbonyl (C=O) groups excluding carboxylic acids is 1. The normalized spacial score (nSPS) is 10.1. The molecule has 0 radical (unpaired) electrons. The van der Waals surface area contributed by atoms with E-state index in [1.807, 2.05) is 12.1 Å². The lowest BCUT2D eigenvalue weighted by Gasteiger charge is -2.06. The Bertz CT molecular complexity index is 515. The minimum atomic E-state index is 0.693. The van der Waals surface area contributed by atoms with Crippen molar-refractivity contribution in [2.45, 2.75) is 6.92 Å². The molecule has 0 saturated carbocycles. The Balaban J connectivity index is 2.54. The molecule has 0 N–H and O–H groups in total. The van der Waals surface area contributed by atoms with Crippen molar-refractivity contribution in [3.05, 3.63) is 58.1 Å². The molecule has 0 heterocycles. The fourth-order valence-electron chi connectivity index (χ4n) is 1.57. The Labute approximate surface area is 103 Å². The molecule has 0 amide bonds. The summed E-state index contributed by atoms with van der Waals surface area (Å²) >= 11 is 3.50. The van der Waals surface area contributed by atoms with Crippen LogP contribution < -0.4 is 0 Å². The highest BCUT2D eigenvalue weighted by Crippen LogP contribution is 2.29. The molecular formula is C14H11BrO. The lowest BCUT2D eigenvalue weighted by atomic mass is 10.0. The van der Waals surface area contributed by atoms with E-state index in [-0.39, 0.29) is 0 Å². The van der Waals surface area contributed by atoms with E-state index in [0.29, 0.717) is 5.56 Å². The van der Waals surface area contributed by atoms with Gasteiger partial charge in [-0.15, -0.1) is 0 Å². The first-order valence-electron chi connectivity index (χ1n) is 5.02. The molecule has 0 aromatic heterocycles. The minimum Gasteiger partial charge on any atom is -0.298 e. The fourth-order valence-corrected chi connectivity index (χ4v) is 2.05. The van der Waals surface area contributed by atoms with Crippen LogP contribution in [0.2, 0.25) is 0 Å². The summed E-state index contributed by atoms with van der Waals surface area (Å²) in [6.07, 6.45) is 0.865.